The van der Waals surface area contributed by atoms with Crippen molar-refractivity contribution < 1.29 is 9.53 Å². The van der Waals surface area contributed by atoms with Gasteiger partial charge in [0.1, 0.15) is 11.4 Å². The average Bonchev–Trinajstić information content (AvgIpc) is 2.30. The number of hydrogen-bond donors (Lipinski definition) is 1. The summed E-state index contributed by atoms with van der Waals surface area (Å²) >= 11 is 1.54. The highest BCUT2D eigenvalue weighted by Gasteiger charge is 2.14. The number of aliphatic imine (C=N–C) groups is 1. The number of ether oxygens (including phenoxy) is 1. The molecule has 0 bridgehead atoms. The monoisotopic (exact) mass is 236 g/mol. The van der Waals surface area contributed by atoms with Gasteiger partial charge in [0.05, 0.1) is 7.11 Å². The zero-order valence-corrected chi connectivity index (χ0v) is 9.71. The van der Waals surface area contributed by atoms with E-state index in [4.69, 9.17) is 4.74 Å². The van der Waals surface area contributed by atoms with E-state index in [0.29, 0.717) is 17.3 Å². The molecular formula is C11H12N2O2S. The number of thioether (sulfide) groups is 1. The maximum absolute atomic E-state index is 11.2. The number of amides is 1. The Morgan fingerprint density at radius 3 is 3.00 bits per heavy atom. The molecule has 0 aliphatic carbocycles. The van der Waals surface area contributed by atoms with Gasteiger partial charge in [0, 0.05) is 12.2 Å². The lowest BCUT2D eigenvalue weighted by Crippen LogP contribution is -2.32. The van der Waals surface area contributed by atoms with E-state index in [1.54, 1.807) is 18.9 Å². The van der Waals surface area contributed by atoms with Gasteiger partial charge in [0.15, 0.2) is 5.17 Å². The van der Waals surface area contributed by atoms with Crippen LogP contribution in [0.5, 0.6) is 5.75 Å². The zero-order chi connectivity index (χ0) is 11.4. The van der Waals surface area contributed by atoms with Crippen molar-refractivity contribution in [1.29, 1.82) is 0 Å². The summed E-state index contributed by atoms with van der Waals surface area (Å²) in [6.07, 6.45) is 0.551. The normalized spacial score (nSPS) is 18.3. The minimum absolute atomic E-state index is 0.0207. The number of nitrogens with one attached hydrogen (secondary N) is 1. The number of nitrogens with zero attached hydrogens (tertiary/aromatic N) is 1. The van der Waals surface area contributed by atoms with E-state index < -0.39 is 0 Å². The average molecular weight is 236 g/mol. The number of benzene rings is 1. The fourth-order valence-electron chi connectivity index (χ4n) is 1.35. The molecule has 0 unspecified atom stereocenters. The van der Waals surface area contributed by atoms with Crippen LogP contribution < -0.4 is 10.1 Å². The quantitative estimate of drug-likeness (QED) is 0.853. The lowest BCUT2D eigenvalue weighted by atomic mass is 10.3. The number of amidine groups is 1. The van der Waals surface area contributed by atoms with Gasteiger partial charge in [-0.2, -0.15) is 0 Å². The number of methoxy groups -OCH3 is 1. The molecule has 1 saturated heterocycles. The smallest absolute Gasteiger partial charge is 0.226 e. The first kappa shape index (κ1) is 11.0. The Kier molecular flexibility index (Phi) is 3.46. The van der Waals surface area contributed by atoms with Crippen molar-refractivity contribution in [1.82, 2.24) is 5.32 Å². The van der Waals surface area contributed by atoms with E-state index in [0.717, 1.165) is 11.4 Å². The predicted octanol–water partition coefficient (Wildman–Crippen LogP) is 1.94. The molecule has 1 fully saturated rings. The molecule has 0 radical (unpaired) electrons. The second-order valence-corrected chi connectivity index (χ2v) is 4.32. The molecule has 84 valence electrons. The Morgan fingerprint density at radius 2 is 2.25 bits per heavy atom. The topological polar surface area (TPSA) is 50.7 Å². The van der Waals surface area contributed by atoms with Gasteiger partial charge in [-0.3, -0.25) is 4.79 Å². The van der Waals surface area contributed by atoms with Gasteiger partial charge in [0.2, 0.25) is 5.91 Å². The molecule has 2 rings (SSSR count). The summed E-state index contributed by atoms with van der Waals surface area (Å²) in [6, 6.07) is 7.47. The third kappa shape index (κ3) is 2.55. The molecule has 0 saturated carbocycles. The highest BCUT2D eigenvalue weighted by atomic mass is 32.2. The lowest BCUT2D eigenvalue weighted by Gasteiger charge is -2.13. The van der Waals surface area contributed by atoms with Crippen LogP contribution in [-0.4, -0.2) is 23.9 Å². The highest BCUT2D eigenvalue weighted by Crippen LogP contribution is 2.27. The van der Waals surface area contributed by atoms with Crippen LogP contribution in [-0.2, 0) is 4.79 Å². The zero-order valence-electron chi connectivity index (χ0n) is 8.90. The van der Waals surface area contributed by atoms with Crippen LogP contribution >= 0.6 is 11.8 Å². The van der Waals surface area contributed by atoms with Crippen molar-refractivity contribution in [3.63, 3.8) is 0 Å². The number of carbonyl (C=O) groups is 1. The summed E-state index contributed by atoms with van der Waals surface area (Å²) < 4.78 is 5.18. The van der Waals surface area contributed by atoms with E-state index in [-0.39, 0.29) is 5.91 Å². The first-order valence-corrected chi connectivity index (χ1v) is 5.92. The van der Waals surface area contributed by atoms with Crippen LogP contribution in [0.2, 0.25) is 0 Å². The van der Waals surface area contributed by atoms with E-state index in [2.05, 4.69) is 10.3 Å². The number of hydrogen-bond acceptors (Lipinski definition) is 4. The molecule has 1 aliphatic rings. The van der Waals surface area contributed by atoms with Gasteiger partial charge >= 0.3 is 0 Å². The molecular weight excluding hydrogens is 224 g/mol. The van der Waals surface area contributed by atoms with Crippen LogP contribution in [0.15, 0.2) is 29.3 Å². The third-order valence-electron chi connectivity index (χ3n) is 2.12. The third-order valence-corrected chi connectivity index (χ3v) is 3.00. The van der Waals surface area contributed by atoms with Crippen LogP contribution in [0.3, 0.4) is 0 Å². The van der Waals surface area contributed by atoms with Gasteiger partial charge in [-0.1, -0.05) is 23.9 Å². The van der Waals surface area contributed by atoms with E-state index >= 15 is 0 Å². The number of para-hydroxylation sites is 2. The highest BCUT2D eigenvalue weighted by molar-refractivity contribution is 8.14. The van der Waals surface area contributed by atoms with Crippen LogP contribution in [0.4, 0.5) is 5.69 Å². The molecule has 1 aromatic carbocycles. The lowest BCUT2D eigenvalue weighted by molar-refractivity contribution is -0.119. The summed E-state index contributed by atoms with van der Waals surface area (Å²) in [5, 5.41) is 3.37. The van der Waals surface area contributed by atoms with Gasteiger partial charge in [0.25, 0.3) is 0 Å². The molecule has 16 heavy (non-hydrogen) atoms. The van der Waals surface area contributed by atoms with Crippen LogP contribution in [0.1, 0.15) is 6.42 Å². The maximum atomic E-state index is 11.2. The second kappa shape index (κ2) is 5.03. The van der Waals surface area contributed by atoms with Gasteiger partial charge in [-0.15, -0.1) is 0 Å². The minimum Gasteiger partial charge on any atom is -0.494 e. The Hall–Kier alpha value is -1.49. The Morgan fingerprint density at radius 1 is 1.44 bits per heavy atom. The summed E-state index contributed by atoms with van der Waals surface area (Å²) in [7, 11) is 1.60. The molecule has 0 atom stereocenters. The van der Waals surface area contributed by atoms with E-state index in [9.17, 15) is 4.79 Å². The molecule has 1 aromatic rings. The van der Waals surface area contributed by atoms with Crippen LogP contribution in [0.25, 0.3) is 0 Å². The molecule has 0 spiro atoms. The Balaban J connectivity index is 2.24. The van der Waals surface area contributed by atoms with Crippen molar-refractivity contribution in [2.75, 3.05) is 12.9 Å². The Bertz CT molecular complexity index is 432. The first-order chi connectivity index (χ1) is 7.79. The molecule has 0 aromatic heterocycles. The molecule has 1 amide bonds. The van der Waals surface area contributed by atoms with E-state index in [1.165, 1.54) is 0 Å². The second-order valence-electron chi connectivity index (χ2n) is 3.24. The van der Waals surface area contributed by atoms with E-state index in [1.807, 2.05) is 24.3 Å². The van der Waals surface area contributed by atoms with Crippen molar-refractivity contribution in [2.24, 2.45) is 4.99 Å². The number of rotatable bonds is 2. The van der Waals surface area contributed by atoms with Gasteiger partial charge in [-0.05, 0) is 12.1 Å². The van der Waals surface area contributed by atoms with Gasteiger partial charge in [-0.25, -0.2) is 4.99 Å². The Labute approximate surface area is 98.1 Å². The number of carbonyl (C=O) groups excluding carboxylic acids is 1. The fourth-order valence-corrected chi connectivity index (χ4v) is 2.18. The van der Waals surface area contributed by atoms with Crippen molar-refractivity contribution >= 4 is 28.5 Å². The first-order valence-electron chi connectivity index (χ1n) is 4.94. The molecule has 1 aliphatic heterocycles. The van der Waals surface area contributed by atoms with Crippen molar-refractivity contribution in [2.45, 2.75) is 6.42 Å². The molecule has 1 heterocycles. The molecule has 1 N–H and O–H groups in total. The van der Waals surface area contributed by atoms with Crippen molar-refractivity contribution in [3.8, 4) is 5.75 Å². The van der Waals surface area contributed by atoms with Crippen LogP contribution in [0, 0.1) is 0 Å². The fraction of sp³-hybridized carbons (Fsp3) is 0.273. The maximum Gasteiger partial charge on any atom is 0.226 e. The summed E-state index contributed by atoms with van der Waals surface area (Å²) in [5.74, 6) is 1.50. The molecule has 5 heteroatoms. The summed E-state index contributed by atoms with van der Waals surface area (Å²) in [6.45, 7) is 0. The SMILES string of the molecule is COc1ccccc1N=C1NC(=O)CCS1. The summed E-state index contributed by atoms with van der Waals surface area (Å²) in [4.78, 5) is 15.5. The predicted molar refractivity (Wildman–Crippen MR) is 65.3 cm³/mol. The molecule has 4 nitrogen and oxygen atoms in total. The standard InChI is InChI=1S/C11H12N2O2S/c1-15-9-5-3-2-4-8(9)12-11-13-10(14)6-7-16-11/h2-5H,6-7H2,1H3,(H,12,13,14). The minimum atomic E-state index is 0.0207. The largest absolute Gasteiger partial charge is 0.494 e. The summed E-state index contributed by atoms with van der Waals surface area (Å²) in [5.41, 5.74) is 0.731. The van der Waals surface area contributed by atoms with Gasteiger partial charge < -0.3 is 10.1 Å². The van der Waals surface area contributed by atoms with Crippen molar-refractivity contribution in [3.05, 3.63) is 24.3 Å².